The van der Waals surface area contributed by atoms with Crippen LogP contribution in [0, 0.1) is 0 Å². The summed E-state index contributed by atoms with van der Waals surface area (Å²) in [6.07, 6.45) is 2.86. The van der Waals surface area contributed by atoms with Gasteiger partial charge in [-0.1, -0.05) is 11.6 Å². The van der Waals surface area contributed by atoms with Gasteiger partial charge in [-0.05, 0) is 28.1 Å². The standard InChI is InChI=1S/C10H8BrClN6O/c11-6-3-15-8(4-14-6)17-10(19)9-5(12)1-2-7(16-9)18-13/h1-4H,13H2,(H,16,18)(H,15,17,19). The predicted molar refractivity (Wildman–Crippen MR) is 74.7 cm³/mol. The number of rotatable bonds is 3. The summed E-state index contributed by atoms with van der Waals surface area (Å²) in [5.41, 5.74) is 2.38. The van der Waals surface area contributed by atoms with Crippen molar-refractivity contribution in [1.82, 2.24) is 15.0 Å². The summed E-state index contributed by atoms with van der Waals surface area (Å²) in [5, 5.41) is 2.74. The molecule has 0 aliphatic heterocycles. The molecule has 2 heterocycles. The molecular formula is C10H8BrClN6O. The molecule has 0 atom stereocenters. The maximum Gasteiger partial charge on any atom is 0.277 e. The average Bonchev–Trinajstić information content (AvgIpc) is 2.42. The zero-order valence-corrected chi connectivity index (χ0v) is 11.7. The van der Waals surface area contributed by atoms with Gasteiger partial charge in [-0.25, -0.2) is 20.8 Å². The monoisotopic (exact) mass is 342 g/mol. The number of carbonyl (C=O) groups excluding carboxylic acids is 1. The predicted octanol–water partition coefficient (Wildman–Crippen LogP) is 1.83. The van der Waals surface area contributed by atoms with Crippen LogP contribution in [0.3, 0.4) is 0 Å². The molecule has 0 aliphatic rings. The quantitative estimate of drug-likeness (QED) is 0.580. The number of carbonyl (C=O) groups is 1. The Morgan fingerprint density at radius 3 is 2.68 bits per heavy atom. The molecule has 0 unspecified atom stereocenters. The first-order chi connectivity index (χ1) is 9.10. The van der Waals surface area contributed by atoms with Crippen molar-refractivity contribution in [3.8, 4) is 0 Å². The fraction of sp³-hybridized carbons (Fsp3) is 0. The number of pyridine rings is 1. The van der Waals surface area contributed by atoms with E-state index in [1.165, 1.54) is 18.5 Å². The Morgan fingerprint density at radius 2 is 2.05 bits per heavy atom. The Kier molecular flexibility index (Phi) is 4.25. The summed E-state index contributed by atoms with van der Waals surface area (Å²) >= 11 is 9.05. The normalized spacial score (nSPS) is 10.1. The van der Waals surface area contributed by atoms with E-state index < -0.39 is 5.91 Å². The van der Waals surface area contributed by atoms with Gasteiger partial charge >= 0.3 is 0 Å². The van der Waals surface area contributed by atoms with Crippen molar-refractivity contribution in [3.05, 3.63) is 39.8 Å². The average molecular weight is 344 g/mol. The van der Waals surface area contributed by atoms with Crippen LogP contribution in [0.2, 0.25) is 5.02 Å². The van der Waals surface area contributed by atoms with Gasteiger partial charge in [0, 0.05) is 0 Å². The zero-order chi connectivity index (χ0) is 13.8. The van der Waals surface area contributed by atoms with Crippen molar-refractivity contribution in [2.75, 3.05) is 10.7 Å². The molecular weight excluding hydrogens is 336 g/mol. The highest BCUT2D eigenvalue weighted by atomic mass is 79.9. The minimum absolute atomic E-state index is 0.0434. The highest BCUT2D eigenvalue weighted by Gasteiger charge is 2.14. The molecule has 9 heteroatoms. The summed E-state index contributed by atoms with van der Waals surface area (Å²) in [6.45, 7) is 0. The Morgan fingerprint density at radius 1 is 1.26 bits per heavy atom. The first-order valence-corrected chi connectivity index (χ1v) is 6.19. The van der Waals surface area contributed by atoms with E-state index in [2.05, 4.69) is 41.6 Å². The second kappa shape index (κ2) is 5.91. The molecule has 98 valence electrons. The van der Waals surface area contributed by atoms with Crippen LogP contribution in [0.15, 0.2) is 29.1 Å². The largest absolute Gasteiger partial charge is 0.308 e. The lowest BCUT2D eigenvalue weighted by molar-refractivity contribution is 0.102. The third-order valence-corrected chi connectivity index (χ3v) is 2.79. The van der Waals surface area contributed by atoms with E-state index in [1.807, 2.05) is 0 Å². The number of nitrogens with two attached hydrogens (primary N) is 1. The van der Waals surface area contributed by atoms with E-state index in [0.717, 1.165) is 0 Å². The summed E-state index contributed by atoms with van der Waals surface area (Å²) in [5.74, 6) is 5.34. The number of hydrogen-bond donors (Lipinski definition) is 3. The number of halogens is 2. The van der Waals surface area contributed by atoms with E-state index in [4.69, 9.17) is 17.4 Å². The molecule has 0 radical (unpaired) electrons. The lowest BCUT2D eigenvalue weighted by Crippen LogP contribution is -2.17. The lowest BCUT2D eigenvalue weighted by Gasteiger charge is -2.06. The number of aromatic nitrogens is 3. The smallest absolute Gasteiger partial charge is 0.277 e. The second-order valence-electron chi connectivity index (χ2n) is 3.35. The van der Waals surface area contributed by atoms with Crippen LogP contribution in [0.5, 0.6) is 0 Å². The van der Waals surface area contributed by atoms with Crippen LogP contribution in [0.1, 0.15) is 10.5 Å². The van der Waals surface area contributed by atoms with Gasteiger partial charge in [-0.2, -0.15) is 0 Å². The van der Waals surface area contributed by atoms with Crippen LogP contribution in [0.25, 0.3) is 0 Å². The molecule has 0 bridgehead atoms. The lowest BCUT2D eigenvalue weighted by atomic mass is 10.3. The molecule has 7 nitrogen and oxygen atoms in total. The summed E-state index contributed by atoms with van der Waals surface area (Å²) < 4.78 is 0.566. The van der Waals surface area contributed by atoms with Crippen molar-refractivity contribution >= 4 is 45.1 Å². The first kappa shape index (κ1) is 13.7. The molecule has 0 aliphatic carbocycles. The molecule has 0 spiro atoms. The SMILES string of the molecule is NNc1ccc(Cl)c(C(=O)Nc2cnc(Br)cn2)n1. The number of nitrogens with zero attached hydrogens (tertiary/aromatic N) is 3. The Bertz CT molecular complexity index is 605. The fourth-order valence-electron chi connectivity index (χ4n) is 1.23. The number of hydrogen-bond acceptors (Lipinski definition) is 6. The summed E-state index contributed by atoms with van der Waals surface area (Å²) in [4.78, 5) is 23.8. The van der Waals surface area contributed by atoms with Crippen molar-refractivity contribution in [1.29, 1.82) is 0 Å². The van der Waals surface area contributed by atoms with Crippen LogP contribution >= 0.6 is 27.5 Å². The van der Waals surface area contributed by atoms with Crippen LogP contribution in [-0.2, 0) is 0 Å². The number of anilines is 2. The summed E-state index contributed by atoms with van der Waals surface area (Å²) in [6, 6.07) is 3.07. The van der Waals surface area contributed by atoms with E-state index in [9.17, 15) is 4.79 Å². The minimum Gasteiger partial charge on any atom is -0.308 e. The maximum atomic E-state index is 12.0. The van der Waals surface area contributed by atoms with Gasteiger partial charge in [0.25, 0.3) is 5.91 Å². The van der Waals surface area contributed by atoms with Crippen LogP contribution in [-0.4, -0.2) is 20.9 Å². The molecule has 0 saturated heterocycles. The second-order valence-corrected chi connectivity index (χ2v) is 4.57. The summed E-state index contributed by atoms with van der Waals surface area (Å²) in [7, 11) is 0. The number of nitrogens with one attached hydrogen (secondary N) is 2. The van der Waals surface area contributed by atoms with Crippen LogP contribution < -0.4 is 16.6 Å². The Hall–Kier alpha value is -1.77. The number of amides is 1. The molecule has 2 aromatic heterocycles. The number of nitrogen functional groups attached to an aromatic ring is 1. The van der Waals surface area contributed by atoms with Crippen molar-refractivity contribution in [2.24, 2.45) is 5.84 Å². The van der Waals surface area contributed by atoms with E-state index in [-0.39, 0.29) is 16.5 Å². The Balaban J connectivity index is 2.22. The van der Waals surface area contributed by atoms with Gasteiger partial charge in [0.1, 0.15) is 16.1 Å². The van der Waals surface area contributed by atoms with E-state index in [0.29, 0.717) is 10.4 Å². The number of hydrazine groups is 1. The van der Waals surface area contributed by atoms with Crippen molar-refractivity contribution in [2.45, 2.75) is 0 Å². The van der Waals surface area contributed by atoms with Crippen molar-refractivity contribution in [3.63, 3.8) is 0 Å². The van der Waals surface area contributed by atoms with E-state index >= 15 is 0 Å². The van der Waals surface area contributed by atoms with Gasteiger partial charge in [0.05, 0.1) is 17.4 Å². The van der Waals surface area contributed by atoms with Gasteiger partial charge < -0.3 is 10.7 Å². The third-order valence-electron chi connectivity index (χ3n) is 2.07. The van der Waals surface area contributed by atoms with Crippen molar-refractivity contribution < 1.29 is 4.79 Å². The van der Waals surface area contributed by atoms with Crippen LogP contribution in [0.4, 0.5) is 11.6 Å². The topological polar surface area (TPSA) is 106 Å². The van der Waals surface area contributed by atoms with Gasteiger partial charge in [-0.3, -0.25) is 4.79 Å². The molecule has 19 heavy (non-hydrogen) atoms. The maximum absolute atomic E-state index is 12.0. The fourth-order valence-corrected chi connectivity index (χ4v) is 1.63. The third kappa shape index (κ3) is 3.37. The molecule has 0 aromatic carbocycles. The van der Waals surface area contributed by atoms with Gasteiger partial charge in [0.15, 0.2) is 5.82 Å². The molecule has 0 saturated carbocycles. The Labute approximate surface area is 121 Å². The highest BCUT2D eigenvalue weighted by molar-refractivity contribution is 9.10. The molecule has 1 amide bonds. The van der Waals surface area contributed by atoms with Gasteiger partial charge in [-0.15, -0.1) is 0 Å². The molecule has 2 rings (SSSR count). The van der Waals surface area contributed by atoms with Gasteiger partial charge in [0.2, 0.25) is 0 Å². The molecule has 2 aromatic rings. The van der Waals surface area contributed by atoms with E-state index in [1.54, 1.807) is 6.07 Å². The highest BCUT2D eigenvalue weighted by Crippen LogP contribution is 2.17. The molecule has 0 fully saturated rings. The first-order valence-electron chi connectivity index (χ1n) is 5.02. The minimum atomic E-state index is -0.501. The zero-order valence-electron chi connectivity index (χ0n) is 9.39. The molecule has 4 N–H and O–H groups in total.